The van der Waals surface area contributed by atoms with Crippen molar-refractivity contribution in [2.45, 2.75) is 11.3 Å². The van der Waals surface area contributed by atoms with Gasteiger partial charge >= 0.3 is 0 Å². The molecule has 2 rings (SSSR count). The number of hydrogen-bond acceptors (Lipinski definition) is 6. The monoisotopic (exact) mass is 360 g/mol. The van der Waals surface area contributed by atoms with Gasteiger partial charge in [0.25, 0.3) is 0 Å². The molecule has 0 saturated carbocycles. The van der Waals surface area contributed by atoms with Crippen LogP contribution >= 0.6 is 0 Å². The molecule has 0 radical (unpaired) electrons. The van der Waals surface area contributed by atoms with Crippen LogP contribution in [0.2, 0.25) is 0 Å². The summed E-state index contributed by atoms with van der Waals surface area (Å²) in [7, 11) is -3.84. The summed E-state index contributed by atoms with van der Waals surface area (Å²) in [5, 5.41) is 11.8. The highest BCUT2D eigenvalue weighted by Crippen LogP contribution is 2.10. The number of hydrogen-bond donors (Lipinski definition) is 2. The molecule has 0 unspecified atom stereocenters. The second kappa shape index (κ2) is 8.27. The molecule has 0 aliphatic rings. The molecule has 0 aliphatic heterocycles. The van der Waals surface area contributed by atoms with Gasteiger partial charge in [-0.15, -0.1) is 0 Å². The van der Waals surface area contributed by atoms with Crippen molar-refractivity contribution >= 4 is 21.6 Å². The number of carbonyl (C=O) groups excluding carboxylic acids is 1. The summed E-state index contributed by atoms with van der Waals surface area (Å²) in [4.78, 5) is 22.5. The van der Waals surface area contributed by atoms with Gasteiger partial charge in [-0.05, 0) is 23.3 Å². The van der Waals surface area contributed by atoms with Gasteiger partial charge in [0, 0.05) is 0 Å². The number of nitrogens with zero attached hydrogens (tertiary/aromatic N) is 2. The van der Waals surface area contributed by atoms with Gasteiger partial charge in [0.05, 0.1) is 17.0 Å². The number of carbonyl (C=O) groups is 1. The van der Waals surface area contributed by atoms with Crippen LogP contribution in [0.15, 0.2) is 69.8 Å². The minimum Gasteiger partial charge on any atom is -0.273 e. The standard InChI is InChI=1S/C16H16N4O4S/c17-25(23,24)14-8-4-5-12(9-14)10-16(21)20-19-15(11-18-22)13-6-2-1-3-7-13/h1-9H,10-11H2,(H,20,21)(H2,17,23,24). The number of nitroso groups, excluding NO2 is 1. The number of primary sulfonamides is 1. The van der Waals surface area contributed by atoms with Gasteiger partial charge < -0.3 is 0 Å². The van der Waals surface area contributed by atoms with Gasteiger partial charge in [-0.1, -0.05) is 47.6 Å². The van der Waals surface area contributed by atoms with E-state index in [1.807, 2.05) is 6.07 Å². The number of rotatable bonds is 7. The van der Waals surface area contributed by atoms with E-state index in [1.165, 1.54) is 18.2 Å². The van der Waals surface area contributed by atoms with Gasteiger partial charge in [0.1, 0.15) is 6.54 Å². The molecular weight excluding hydrogens is 344 g/mol. The van der Waals surface area contributed by atoms with E-state index in [0.29, 0.717) is 16.8 Å². The Morgan fingerprint density at radius 3 is 2.44 bits per heavy atom. The quantitative estimate of drug-likeness (QED) is 0.436. The number of hydrazone groups is 1. The highest BCUT2D eigenvalue weighted by atomic mass is 32.2. The summed E-state index contributed by atoms with van der Waals surface area (Å²) in [5.74, 6) is -0.467. The van der Waals surface area contributed by atoms with Crippen molar-refractivity contribution in [1.29, 1.82) is 0 Å². The molecule has 0 saturated heterocycles. The van der Waals surface area contributed by atoms with Crippen LogP contribution in [0.3, 0.4) is 0 Å². The zero-order valence-corrected chi connectivity index (χ0v) is 13.9. The van der Waals surface area contributed by atoms with Crippen molar-refractivity contribution in [3.63, 3.8) is 0 Å². The predicted octanol–water partition coefficient (Wildman–Crippen LogP) is 1.16. The smallest absolute Gasteiger partial charge is 0.244 e. The lowest BCUT2D eigenvalue weighted by Gasteiger charge is -2.05. The minimum atomic E-state index is -3.84. The number of nitrogens with one attached hydrogen (secondary N) is 1. The van der Waals surface area contributed by atoms with Crippen molar-refractivity contribution in [2.75, 3.05) is 6.54 Å². The minimum absolute atomic E-state index is 0.0727. The summed E-state index contributed by atoms with van der Waals surface area (Å²) in [6, 6.07) is 14.6. The van der Waals surface area contributed by atoms with Crippen LogP contribution in [0.5, 0.6) is 0 Å². The maximum atomic E-state index is 12.0. The molecule has 0 aliphatic carbocycles. The number of sulfonamides is 1. The van der Waals surface area contributed by atoms with Gasteiger partial charge in [-0.25, -0.2) is 19.0 Å². The van der Waals surface area contributed by atoms with Crippen LogP contribution in [-0.2, 0) is 21.2 Å². The molecule has 2 aromatic carbocycles. The molecule has 1 amide bonds. The lowest BCUT2D eigenvalue weighted by molar-refractivity contribution is -0.120. The molecule has 3 N–H and O–H groups in total. The van der Waals surface area contributed by atoms with Gasteiger partial charge in [-0.2, -0.15) is 10.0 Å². The summed E-state index contributed by atoms with van der Waals surface area (Å²) >= 11 is 0. The van der Waals surface area contributed by atoms with E-state index in [-0.39, 0.29) is 17.9 Å². The van der Waals surface area contributed by atoms with Crippen LogP contribution < -0.4 is 10.6 Å². The zero-order valence-electron chi connectivity index (χ0n) is 13.1. The average molecular weight is 360 g/mol. The highest BCUT2D eigenvalue weighted by Gasteiger charge is 2.10. The Hall–Kier alpha value is -2.91. The van der Waals surface area contributed by atoms with E-state index in [9.17, 15) is 18.1 Å². The first-order valence-corrected chi connectivity index (χ1v) is 8.76. The Morgan fingerprint density at radius 1 is 1.08 bits per heavy atom. The Labute approximate surface area is 144 Å². The SMILES string of the molecule is NS(=O)(=O)c1cccc(CC(=O)NN=C(CN=O)c2ccccc2)c1. The number of nitrogens with two attached hydrogens (primary N) is 1. The molecular formula is C16H16N4O4S. The Kier molecular flexibility index (Phi) is 6.09. The first-order valence-electron chi connectivity index (χ1n) is 7.22. The van der Waals surface area contributed by atoms with Crippen molar-refractivity contribution in [3.05, 3.63) is 70.6 Å². The van der Waals surface area contributed by atoms with E-state index in [0.717, 1.165) is 0 Å². The van der Waals surface area contributed by atoms with Crippen LogP contribution in [0, 0.1) is 4.91 Å². The van der Waals surface area contributed by atoms with Gasteiger partial charge in [-0.3, -0.25) is 4.79 Å². The molecule has 8 nitrogen and oxygen atoms in total. The van der Waals surface area contributed by atoms with Crippen LogP contribution in [-0.4, -0.2) is 26.6 Å². The van der Waals surface area contributed by atoms with E-state index in [4.69, 9.17) is 5.14 Å². The fourth-order valence-electron chi connectivity index (χ4n) is 2.07. The van der Waals surface area contributed by atoms with Crippen LogP contribution in [0.4, 0.5) is 0 Å². The molecule has 2 aromatic rings. The lowest BCUT2D eigenvalue weighted by Crippen LogP contribution is -2.23. The third-order valence-electron chi connectivity index (χ3n) is 3.23. The second-order valence-corrected chi connectivity index (χ2v) is 6.68. The fourth-order valence-corrected chi connectivity index (χ4v) is 2.65. The molecule has 0 heterocycles. The number of amides is 1. The summed E-state index contributed by atoms with van der Waals surface area (Å²) < 4.78 is 22.7. The fraction of sp³-hybridized carbons (Fsp3) is 0.125. The van der Waals surface area contributed by atoms with Crippen LogP contribution in [0.1, 0.15) is 11.1 Å². The normalized spacial score (nSPS) is 11.8. The molecule has 0 aromatic heterocycles. The van der Waals surface area contributed by atoms with Crippen molar-refractivity contribution < 1.29 is 13.2 Å². The van der Waals surface area contributed by atoms with E-state index < -0.39 is 15.9 Å². The van der Waals surface area contributed by atoms with Crippen molar-refractivity contribution in [3.8, 4) is 0 Å². The molecule has 130 valence electrons. The van der Waals surface area contributed by atoms with E-state index >= 15 is 0 Å². The summed E-state index contributed by atoms with van der Waals surface area (Å²) in [5.41, 5.74) is 3.80. The average Bonchev–Trinajstić information content (AvgIpc) is 2.59. The van der Waals surface area contributed by atoms with Crippen LogP contribution in [0.25, 0.3) is 0 Å². The largest absolute Gasteiger partial charge is 0.273 e. The third-order valence-corrected chi connectivity index (χ3v) is 4.14. The predicted molar refractivity (Wildman–Crippen MR) is 93.3 cm³/mol. The van der Waals surface area contributed by atoms with Crippen molar-refractivity contribution in [1.82, 2.24) is 5.43 Å². The molecule has 0 bridgehead atoms. The molecule has 25 heavy (non-hydrogen) atoms. The first kappa shape index (κ1) is 18.4. The summed E-state index contributed by atoms with van der Waals surface area (Å²) in [6.07, 6.45) is -0.0938. The lowest BCUT2D eigenvalue weighted by atomic mass is 10.1. The first-order chi connectivity index (χ1) is 11.9. The van der Waals surface area contributed by atoms with Gasteiger partial charge in [0.2, 0.25) is 15.9 Å². The topological polar surface area (TPSA) is 131 Å². The Morgan fingerprint density at radius 2 is 1.80 bits per heavy atom. The Balaban J connectivity index is 2.10. The van der Waals surface area contributed by atoms with E-state index in [2.05, 4.69) is 15.7 Å². The van der Waals surface area contributed by atoms with Crippen molar-refractivity contribution in [2.24, 2.45) is 15.4 Å². The Bertz CT molecular complexity index is 895. The molecule has 0 spiro atoms. The maximum absolute atomic E-state index is 12.0. The zero-order chi connectivity index (χ0) is 18.3. The molecule has 9 heteroatoms. The highest BCUT2D eigenvalue weighted by molar-refractivity contribution is 7.89. The van der Waals surface area contributed by atoms with Gasteiger partial charge in [0.15, 0.2) is 0 Å². The number of benzene rings is 2. The summed E-state index contributed by atoms with van der Waals surface area (Å²) in [6.45, 7) is -0.189. The second-order valence-electron chi connectivity index (χ2n) is 5.12. The van der Waals surface area contributed by atoms with E-state index in [1.54, 1.807) is 30.3 Å². The third kappa shape index (κ3) is 5.59. The maximum Gasteiger partial charge on any atom is 0.244 e. The molecule has 0 fully saturated rings. The molecule has 0 atom stereocenters.